The van der Waals surface area contributed by atoms with Crippen LogP contribution in [0.4, 0.5) is 0 Å². The molecule has 4 rings (SSSR count). The number of hydrogen-bond acceptors (Lipinski definition) is 5. The number of allylic oxidation sites excluding steroid dienone is 1. The summed E-state index contributed by atoms with van der Waals surface area (Å²) >= 11 is 5.94. The number of halogens is 1. The Hall–Kier alpha value is -4.03. The first-order valence-electron chi connectivity index (χ1n) is 10.5. The van der Waals surface area contributed by atoms with Crippen LogP contribution >= 0.6 is 11.6 Å². The fraction of sp³-hybridized carbons (Fsp3) is 0.111. The average molecular weight is 475 g/mol. The van der Waals surface area contributed by atoms with Gasteiger partial charge in [-0.3, -0.25) is 4.79 Å². The summed E-state index contributed by atoms with van der Waals surface area (Å²) in [4.78, 5) is 12.7. The van der Waals surface area contributed by atoms with Crippen LogP contribution in [0.2, 0.25) is 5.02 Å². The molecule has 34 heavy (non-hydrogen) atoms. The molecule has 3 aromatic carbocycles. The van der Waals surface area contributed by atoms with Crippen molar-refractivity contribution in [1.29, 1.82) is 0 Å². The van der Waals surface area contributed by atoms with Gasteiger partial charge in [0.2, 0.25) is 5.75 Å². The lowest BCUT2D eigenvalue weighted by Crippen LogP contribution is -1.97. The highest BCUT2D eigenvalue weighted by atomic mass is 35.5. The number of nitrogens with zero attached hydrogens (tertiary/aromatic N) is 2. The molecule has 1 aromatic heterocycles. The molecular formula is C27H23ClN2O4. The highest BCUT2D eigenvalue weighted by Gasteiger charge is 2.18. The molecule has 0 aliphatic rings. The van der Waals surface area contributed by atoms with Gasteiger partial charge in [0.05, 0.1) is 27.0 Å². The molecule has 0 aliphatic heterocycles. The number of methoxy groups -OCH3 is 3. The van der Waals surface area contributed by atoms with Crippen molar-refractivity contribution in [2.75, 3.05) is 21.3 Å². The van der Waals surface area contributed by atoms with Crippen molar-refractivity contribution in [3.63, 3.8) is 0 Å². The number of ketones is 1. The predicted molar refractivity (Wildman–Crippen MR) is 133 cm³/mol. The lowest BCUT2D eigenvalue weighted by molar-refractivity contribution is 0.104. The Labute approximate surface area is 203 Å². The second kappa shape index (κ2) is 10.3. The normalized spacial score (nSPS) is 10.9. The Morgan fingerprint density at radius 2 is 1.56 bits per heavy atom. The molecule has 0 saturated carbocycles. The van der Waals surface area contributed by atoms with E-state index in [0.717, 1.165) is 16.8 Å². The van der Waals surface area contributed by atoms with Gasteiger partial charge in [0.25, 0.3) is 0 Å². The molecule has 0 N–H and O–H groups in total. The average Bonchev–Trinajstić information content (AvgIpc) is 3.31. The largest absolute Gasteiger partial charge is 0.493 e. The van der Waals surface area contributed by atoms with Gasteiger partial charge in [-0.05, 0) is 60.7 Å². The second-order valence-electron chi connectivity index (χ2n) is 7.33. The molecule has 0 aliphatic carbocycles. The number of benzene rings is 3. The van der Waals surface area contributed by atoms with Crippen LogP contribution in [0.1, 0.15) is 15.9 Å². The molecule has 0 radical (unpaired) electrons. The van der Waals surface area contributed by atoms with Crippen LogP contribution in [0.25, 0.3) is 23.0 Å². The summed E-state index contributed by atoms with van der Waals surface area (Å²) in [7, 11) is 4.69. The maximum Gasteiger partial charge on any atom is 0.203 e. The van der Waals surface area contributed by atoms with E-state index in [-0.39, 0.29) is 5.78 Å². The molecule has 0 bridgehead atoms. The predicted octanol–water partition coefficient (Wildman–Crippen LogP) is 6.11. The van der Waals surface area contributed by atoms with E-state index in [1.165, 1.54) is 6.08 Å². The SMILES string of the molecule is COc1cc(-c2nn(-c3ccccc3)cc2/C=C\C(=O)c2ccc(Cl)cc2)cc(OC)c1OC. The molecule has 0 atom stereocenters. The Morgan fingerprint density at radius 3 is 2.15 bits per heavy atom. The van der Waals surface area contributed by atoms with Gasteiger partial charge in [0.15, 0.2) is 17.3 Å². The molecule has 0 amide bonds. The van der Waals surface area contributed by atoms with E-state index in [1.54, 1.807) is 56.4 Å². The van der Waals surface area contributed by atoms with E-state index in [1.807, 2.05) is 48.7 Å². The van der Waals surface area contributed by atoms with Gasteiger partial charge in [0.1, 0.15) is 5.69 Å². The Bertz CT molecular complexity index is 1300. The van der Waals surface area contributed by atoms with Gasteiger partial charge in [-0.1, -0.05) is 29.8 Å². The molecule has 0 fully saturated rings. The smallest absolute Gasteiger partial charge is 0.203 e. The zero-order chi connectivity index (χ0) is 24.1. The van der Waals surface area contributed by atoms with E-state index in [2.05, 4.69) is 0 Å². The van der Waals surface area contributed by atoms with Crippen LogP contribution in [0.5, 0.6) is 17.2 Å². The first-order chi connectivity index (χ1) is 16.5. The van der Waals surface area contributed by atoms with E-state index >= 15 is 0 Å². The molecule has 6 nitrogen and oxygen atoms in total. The summed E-state index contributed by atoms with van der Waals surface area (Å²) in [6.45, 7) is 0. The standard InChI is InChI=1S/C27H23ClN2O4/c1-32-24-15-20(16-25(33-2)27(24)34-3)26-19(17-30(29-26)22-7-5-4-6-8-22)11-14-23(31)18-9-12-21(28)13-10-18/h4-17H,1-3H3/b14-11-. The number of para-hydroxylation sites is 1. The van der Waals surface area contributed by atoms with E-state index in [9.17, 15) is 4.79 Å². The van der Waals surface area contributed by atoms with Gasteiger partial charge in [0, 0.05) is 27.9 Å². The zero-order valence-corrected chi connectivity index (χ0v) is 19.7. The van der Waals surface area contributed by atoms with Gasteiger partial charge in [-0.25, -0.2) is 4.68 Å². The van der Waals surface area contributed by atoms with E-state index in [0.29, 0.717) is 33.5 Å². The molecular weight excluding hydrogens is 452 g/mol. The van der Waals surface area contributed by atoms with Crippen LogP contribution in [-0.4, -0.2) is 36.9 Å². The van der Waals surface area contributed by atoms with Crippen LogP contribution in [0.3, 0.4) is 0 Å². The van der Waals surface area contributed by atoms with Gasteiger partial charge in [-0.2, -0.15) is 5.10 Å². The van der Waals surface area contributed by atoms with Crippen molar-refractivity contribution in [3.05, 3.63) is 95.2 Å². The third-order valence-electron chi connectivity index (χ3n) is 5.24. The number of carbonyl (C=O) groups excluding carboxylic acids is 1. The summed E-state index contributed by atoms with van der Waals surface area (Å²) in [5, 5.41) is 5.38. The number of ether oxygens (including phenoxy) is 3. The molecule has 0 unspecified atom stereocenters. The highest BCUT2D eigenvalue weighted by molar-refractivity contribution is 6.30. The van der Waals surface area contributed by atoms with Crippen molar-refractivity contribution in [1.82, 2.24) is 9.78 Å². The summed E-state index contributed by atoms with van der Waals surface area (Å²) in [6.07, 6.45) is 5.15. The summed E-state index contributed by atoms with van der Waals surface area (Å²) < 4.78 is 18.2. The van der Waals surface area contributed by atoms with Crippen molar-refractivity contribution < 1.29 is 19.0 Å². The molecule has 172 valence electrons. The van der Waals surface area contributed by atoms with Crippen molar-refractivity contribution in [2.24, 2.45) is 0 Å². The molecule has 4 aromatic rings. The molecule has 7 heteroatoms. The van der Waals surface area contributed by atoms with Crippen LogP contribution in [0.15, 0.2) is 79.0 Å². The number of hydrogen-bond donors (Lipinski definition) is 0. The minimum atomic E-state index is -0.139. The topological polar surface area (TPSA) is 62.6 Å². The maximum absolute atomic E-state index is 12.7. The Balaban J connectivity index is 1.81. The van der Waals surface area contributed by atoms with Crippen LogP contribution in [0, 0.1) is 0 Å². The number of aromatic nitrogens is 2. The fourth-order valence-electron chi connectivity index (χ4n) is 3.54. The fourth-order valence-corrected chi connectivity index (χ4v) is 3.67. The second-order valence-corrected chi connectivity index (χ2v) is 7.77. The molecule has 0 saturated heterocycles. The monoisotopic (exact) mass is 474 g/mol. The number of rotatable bonds is 8. The minimum absolute atomic E-state index is 0.139. The maximum atomic E-state index is 12.7. The third-order valence-corrected chi connectivity index (χ3v) is 5.50. The first kappa shape index (κ1) is 23.1. The summed E-state index contributed by atoms with van der Waals surface area (Å²) in [6, 6.07) is 20.2. The molecule has 0 spiro atoms. The lowest BCUT2D eigenvalue weighted by atomic mass is 10.0. The summed E-state index contributed by atoms with van der Waals surface area (Å²) in [5.41, 5.74) is 3.59. The molecule has 1 heterocycles. The lowest BCUT2D eigenvalue weighted by Gasteiger charge is -2.13. The van der Waals surface area contributed by atoms with Crippen LogP contribution < -0.4 is 14.2 Å². The Morgan fingerprint density at radius 1 is 0.912 bits per heavy atom. The van der Waals surface area contributed by atoms with Crippen molar-refractivity contribution in [2.45, 2.75) is 0 Å². The Kier molecular flexibility index (Phi) is 6.99. The first-order valence-corrected chi connectivity index (χ1v) is 10.8. The highest BCUT2D eigenvalue weighted by Crippen LogP contribution is 2.41. The van der Waals surface area contributed by atoms with Gasteiger partial charge in [-0.15, -0.1) is 0 Å². The van der Waals surface area contributed by atoms with Gasteiger partial charge >= 0.3 is 0 Å². The quantitative estimate of drug-likeness (QED) is 0.227. The van der Waals surface area contributed by atoms with Crippen LogP contribution in [-0.2, 0) is 0 Å². The van der Waals surface area contributed by atoms with Crippen molar-refractivity contribution >= 4 is 23.5 Å². The van der Waals surface area contributed by atoms with Gasteiger partial charge < -0.3 is 14.2 Å². The van der Waals surface area contributed by atoms with E-state index in [4.69, 9.17) is 30.9 Å². The van der Waals surface area contributed by atoms with Crippen molar-refractivity contribution in [3.8, 4) is 34.2 Å². The van der Waals surface area contributed by atoms with E-state index < -0.39 is 0 Å². The number of carbonyl (C=O) groups is 1. The minimum Gasteiger partial charge on any atom is -0.493 e. The summed E-state index contributed by atoms with van der Waals surface area (Å²) in [5.74, 6) is 1.38. The third kappa shape index (κ3) is 4.82. The zero-order valence-electron chi connectivity index (χ0n) is 19.0.